The number of fused-ring (bicyclic) bond motifs is 2. The van der Waals surface area contributed by atoms with E-state index in [1.165, 1.54) is 19.8 Å². The van der Waals surface area contributed by atoms with E-state index in [0.717, 1.165) is 30.0 Å². The Kier molecular flexibility index (Phi) is 4.53. The van der Waals surface area contributed by atoms with E-state index in [1.54, 1.807) is 12.1 Å². The highest BCUT2D eigenvalue weighted by Gasteiger charge is 2.28. The first kappa shape index (κ1) is 17.5. The molecule has 27 heavy (non-hydrogen) atoms. The van der Waals surface area contributed by atoms with Crippen LogP contribution in [0.25, 0.3) is 0 Å². The van der Waals surface area contributed by atoms with Gasteiger partial charge >= 0.3 is 5.97 Å². The fourth-order valence-corrected chi connectivity index (χ4v) is 3.81. The number of carboxylic acid groups (broad SMARTS) is 1. The maximum Gasteiger partial charge on any atom is 0.339 e. The van der Waals surface area contributed by atoms with Crippen LogP contribution >= 0.6 is 0 Å². The van der Waals surface area contributed by atoms with E-state index < -0.39 is 5.97 Å². The first-order chi connectivity index (χ1) is 13.1. The minimum Gasteiger partial charge on any atom is -0.493 e. The van der Waals surface area contributed by atoms with Crippen LogP contribution in [0.1, 0.15) is 33.1 Å². The SMILES string of the molecule is COc1ccc(C[C@H]2NCCc3cc4c(cc32)OCO4)c(C(=O)O)c1OC. The maximum atomic E-state index is 11.9. The average Bonchev–Trinajstić information content (AvgIpc) is 3.13. The predicted molar refractivity (Wildman–Crippen MR) is 97.2 cm³/mol. The van der Waals surface area contributed by atoms with Gasteiger partial charge in [-0.2, -0.15) is 0 Å². The topological polar surface area (TPSA) is 86.2 Å². The standard InChI is InChI=1S/C20H21NO6/c1-24-15-4-3-12(18(20(22)23)19(15)25-2)7-14-13-9-17-16(26-10-27-17)8-11(13)5-6-21-14/h3-4,8-9,14,21H,5-7,10H2,1-2H3,(H,22,23)/t14-/m1/s1. The van der Waals surface area contributed by atoms with Gasteiger partial charge in [0.15, 0.2) is 23.0 Å². The zero-order valence-electron chi connectivity index (χ0n) is 15.2. The van der Waals surface area contributed by atoms with Crippen molar-refractivity contribution in [3.63, 3.8) is 0 Å². The molecule has 0 aliphatic carbocycles. The molecule has 2 aromatic rings. The van der Waals surface area contributed by atoms with Gasteiger partial charge in [0, 0.05) is 6.04 Å². The zero-order valence-corrected chi connectivity index (χ0v) is 15.2. The summed E-state index contributed by atoms with van der Waals surface area (Å²) in [5.41, 5.74) is 3.12. The Labute approximate surface area is 156 Å². The van der Waals surface area contributed by atoms with Gasteiger partial charge < -0.3 is 29.4 Å². The van der Waals surface area contributed by atoms with E-state index in [9.17, 15) is 9.90 Å². The van der Waals surface area contributed by atoms with Crippen LogP contribution in [0.15, 0.2) is 24.3 Å². The third-order valence-corrected chi connectivity index (χ3v) is 5.06. The van der Waals surface area contributed by atoms with Crippen molar-refractivity contribution in [1.29, 1.82) is 0 Å². The number of hydrogen-bond donors (Lipinski definition) is 2. The van der Waals surface area contributed by atoms with Crippen LogP contribution in [0.3, 0.4) is 0 Å². The summed E-state index contributed by atoms with van der Waals surface area (Å²) >= 11 is 0. The lowest BCUT2D eigenvalue weighted by atomic mass is 9.88. The van der Waals surface area contributed by atoms with E-state index in [2.05, 4.69) is 5.32 Å². The third kappa shape index (κ3) is 3.04. The predicted octanol–water partition coefficient (Wildman–Crippen LogP) is 2.56. The second kappa shape index (κ2) is 7.00. The number of aromatic carboxylic acids is 1. The van der Waals surface area contributed by atoms with Crippen molar-refractivity contribution in [3.05, 3.63) is 46.5 Å². The van der Waals surface area contributed by atoms with Crippen LogP contribution in [0.5, 0.6) is 23.0 Å². The molecule has 0 unspecified atom stereocenters. The van der Waals surface area contributed by atoms with Crippen LogP contribution in [-0.4, -0.2) is 38.6 Å². The van der Waals surface area contributed by atoms with Crippen LogP contribution < -0.4 is 24.3 Å². The second-order valence-corrected chi connectivity index (χ2v) is 6.51. The normalized spacial score (nSPS) is 17.3. The quantitative estimate of drug-likeness (QED) is 0.835. The highest BCUT2D eigenvalue weighted by Crippen LogP contribution is 2.40. The molecule has 0 fully saturated rings. The molecule has 0 amide bonds. The summed E-state index contributed by atoms with van der Waals surface area (Å²) < 4.78 is 21.6. The van der Waals surface area contributed by atoms with Crippen molar-refractivity contribution >= 4 is 5.97 Å². The number of carbonyl (C=O) groups is 1. The van der Waals surface area contributed by atoms with E-state index >= 15 is 0 Å². The van der Waals surface area contributed by atoms with Crippen LogP contribution in [0, 0.1) is 0 Å². The van der Waals surface area contributed by atoms with E-state index in [1.807, 2.05) is 12.1 Å². The van der Waals surface area contributed by atoms with Crippen molar-refractivity contribution < 1.29 is 28.8 Å². The van der Waals surface area contributed by atoms with Crippen molar-refractivity contribution in [1.82, 2.24) is 5.32 Å². The number of ether oxygens (including phenoxy) is 4. The van der Waals surface area contributed by atoms with Gasteiger partial charge in [-0.15, -0.1) is 0 Å². The minimum atomic E-state index is -1.04. The van der Waals surface area contributed by atoms with Gasteiger partial charge in [0.05, 0.1) is 14.2 Å². The molecule has 0 saturated heterocycles. The fraction of sp³-hybridized carbons (Fsp3) is 0.350. The van der Waals surface area contributed by atoms with Crippen LogP contribution in [-0.2, 0) is 12.8 Å². The third-order valence-electron chi connectivity index (χ3n) is 5.06. The molecule has 0 spiro atoms. The summed E-state index contributed by atoms with van der Waals surface area (Å²) in [7, 11) is 2.94. The average molecular weight is 371 g/mol. The van der Waals surface area contributed by atoms with Gasteiger partial charge in [-0.25, -0.2) is 4.79 Å². The first-order valence-electron chi connectivity index (χ1n) is 8.75. The summed E-state index contributed by atoms with van der Waals surface area (Å²) in [6.07, 6.45) is 1.40. The Bertz CT molecular complexity index is 895. The van der Waals surface area contributed by atoms with Crippen LogP contribution in [0.4, 0.5) is 0 Å². The minimum absolute atomic E-state index is 0.0283. The van der Waals surface area contributed by atoms with Crippen molar-refractivity contribution in [2.24, 2.45) is 0 Å². The second-order valence-electron chi connectivity index (χ2n) is 6.51. The molecule has 0 bridgehead atoms. The largest absolute Gasteiger partial charge is 0.493 e. The maximum absolute atomic E-state index is 11.9. The first-order valence-corrected chi connectivity index (χ1v) is 8.75. The molecule has 2 aliphatic heterocycles. The smallest absolute Gasteiger partial charge is 0.339 e. The lowest BCUT2D eigenvalue weighted by Crippen LogP contribution is -2.31. The number of hydrogen-bond acceptors (Lipinski definition) is 6. The molecule has 0 radical (unpaired) electrons. The van der Waals surface area contributed by atoms with Gasteiger partial charge in [0.1, 0.15) is 5.56 Å². The molecule has 4 rings (SSSR count). The molecule has 7 nitrogen and oxygen atoms in total. The van der Waals surface area contributed by atoms with E-state index in [-0.39, 0.29) is 24.1 Å². The number of nitrogens with one attached hydrogen (secondary N) is 1. The van der Waals surface area contributed by atoms with Crippen molar-refractivity contribution in [2.75, 3.05) is 27.6 Å². The molecular formula is C20H21NO6. The molecule has 0 aromatic heterocycles. The zero-order chi connectivity index (χ0) is 19.0. The molecular weight excluding hydrogens is 350 g/mol. The van der Waals surface area contributed by atoms with Crippen molar-refractivity contribution in [3.8, 4) is 23.0 Å². The van der Waals surface area contributed by atoms with E-state index in [0.29, 0.717) is 17.7 Å². The Hall–Kier alpha value is -2.93. The molecule has 2 aromatic carbocycles. The molecule has 7 heteroatoms. The number of rotatable bonds is 5. The van der Waals surface area contributed by atoms with Crippen molar-refractivity contribution in [2.45, 2.75) is 18.9 Å². The Morgan fingerprint density at radius 2 is 2.00 bits per heavy atom. The highest BCUT2D eigenvalue weighted by molar-refractivity contribution is 5.94. The Balaban J connectivity index is 1.73. The summed E-state index contributed by atoms with van der Waals surface area (Å²) in [6.45, 7) is 1.04. The summed E-state index contributed by atoms with van der Waals surface area (Å²) in [6, 6.07) is 7.52. The Morgan fingerprint density at radius 1 is 1.22 bits per heavy atom. The molecule has 2 aliphatic rings. The van der Waals surface area contributed by atoms with Gasteiger partial charge in [-0.1, -0.05) is 6.07 Å². The van der Waals surface area contributed by atoms with Crippen LogP contribution in [0.2, 0.25) is 0 Å². The summed E-state index contributed by atoms with van der Waals surface area (Å²) in [5.74, 6) is 1.10. The highest BCUT2D eigenvalue weighted by atomic mass is 16.7. The number of methoxy groups -OCH3 is 2. The lowest BCUT2D eigenvalue weighted by Gasteiger charge is -2.28. The van der Waals surface area contributed by atoms with Gasteiger partial charge in [0.25, 0.3) is 0 Å². The summed E-state index contributed by atoms with van der Waals surface area (Å²) in [4.78, 5) is 11.9. The lowest BCUT2D eigenvalue weighted by molar-refractivity contribution is 0.0691. The Morgan fingerprint density at radius 3 is 2.70 bits per heavy atom. The molecule has 2 N–H and O–H groups in total. The van der Waals surface area contributed by atoms with E-state index in [4.69, 9.17) is 18.9 Å². The van der Waals surface area contributed by atoms with Gasteiger partial charge in [-0.05, 0) is 54.3 Å². The molecule has 142 valence electrons. The van der Waals surface area contributed by atoms with Gasteiger partial charge in [0.2, 0.25) is 6.79 Å². The molecule has 2 heterocycles. The number of benzene rings is 2. The summed E-state index contributed by atoms with van der Waals surface area (Å²) in [5, 5.41) is 13.2. The molecule has 1 atom stereocenters. The fourth-order valence-electron chi connectivity index (χ4n) is 3.81. The number of carboxylic acids is 1. The van der Waals surface area contributed by atoms with Gasteiger partial charge in [-0.3, -0.25) is 0 Å². The molecule has 0 saturated carbocycles. The monoisotopic (exact) mass is 371 g/mol.